The number of urea groups is 1. The van der Waals surface area contributed by atoms with Crippen molar-refractivity contribution in [3.05, 3.63) is 45.1 Å². The molecule has 1 aromatic carbocycles. The average Bonchev–Trinajstić information content (AvgIpc) is 2.67. The largest absolute Gasteiger partial charge is 0.383 e. The summed E-state index contributed by atoms with van der Waals surface area (Å²) in [6, 6.07) is 5.44. The van der Waals surface area contributed by atoms with E-state index < -0.39 is 11.9 Å². The van der Waals surface area contributed by atoms with Crippen LogP contribution in [0.3, 0.4) is 0 Å². The number of hydrogen-bond donors (Lipinski definition) is 2. The highest BCUT2D eigenvalue weighted by molar-refractivity contribution is 9.10. The maximum atomic E-state index is 13.1. The zero-order chi connectivity index (χ0) is 19.2. The van der Waals surface area contributed by atoms with Gasteiger partial charge in [-0.05, 0) is 18.6 Å². The third-order valence-corrected chi connectivity index (χ3v) is 5.21. The van der Waals surface area contributed by atoms with Crippen LogP contribution in [0.4, 0.5) is 10.6 Å². The van der Waals surface area contributed by atoms with E-state index in [0.717, 1.165) is 20.5 Å². The second-order valence-electron chi connectivity index (χ2n) is 6.36. The van der Waals surface area contributed by atoms with Crippen LogP contribution in [0.2, 0.25) is 0 Å². The lowest BCUT2D eigenvalue weighted by molar-refractivity contribution is 0.0815. The van der Waals surface area contributed by atoms with E-state index in [1.807, 2.05) is 25.1 Å². The number of benzene rings is 1. The number of carbonyl (C=O) groups excluding carboxylic acids is 2. The summed E-state index contributed by atoms with van der Waals surface area (Å²) >= 11 is 3.56. The summed E-state index contributed by atoms with van der Waals surface area (Å²) in [4.78, 5) is 32.4. The predicted molar refractivity (Wildman–Crippen MR) is 103 cm³/mol. The Labute approximate surface area is 160 Å². The number of rotatable bonds is 2. The topological polar surface area (TPSA) is 106 Å². The van der Waals surface area contributed by atoms with E-state index in [-0.39, 0.29) is 18.9 Å². The van der Waals surface area contributed by atoms with E-state index in [1.54, 1.807) is 7.05 Å². The summed E-state index contributed by atoms with van der Waals surface area (Å²) in [7, 11) is 3.09. The van der Waals surface area contributed by atoms with Gasteiger partial charge in [-0.25, -0.2) is 9.78 Å². The predicted octanol–water partition coefficient (Wildman–Crippen LogP) is 2.50. The van der Waals surface area contributed by atoms with Gasteiger partial charge in [0.2, 0.25) is 0 Å². The number of carbonyl (C=O) groups is 2. The summed E-state index contributed by atoms with van der Waals surface area (Å²) < 4.78 is 0.810. The van der Waals surface area contributed by atoms with Crippen molar-refractivity contribution >= 4 is 33.7 Å². The molecule has 0 spiro atoms. The summed E-state index contributed by atoms with van der Waals surface area (Å²) in [5.41, 5.74) is 16.0. The van der Waals surface area contributed by atoms with Crippen molar-refractivity contribution in [3.63, 3.8) is 0 Å². The SMILES string of the molecule is Cc1ccc(Br)c(-c2c(CN)c(N)nc3c2C(=O)N(C)C(=O)N(C)C3)c1. The van der Waals surface area contributed by atoms with Gasteiger partial charge in [0.25, 0.3) is 5.91 Å². The van der Waals surface area contributed by atoms with Crippen LogP contribution in [0.1, 0.15) is 27.2 Å². The van der Waals surface area contributed by atoms with Crippen LogP contribution in [0, 0.1) is 6.92 Å². The van der Waals surface area contributed by atoms with Crippen molar-refractivity contribution in [1.29, 1.82) is 0 Å². The molecule has 8 heteroatoms. The van der Waals surface area contributed by atoms with E-state index in [1.165, 1.54) is 11.9 Å². The Hall–Kier alpha value is -2.45. The minimum atomic E-state index is -0.417. The first-order chi connectivity index (χ1) is 12.3. The monoisotopic (exact) mass is 417 g/mol. The van der Waals surface area contributed by atoms with Gasteiger partial charge >= 0.3 is 6.03 Å². The molecule has 1 aliphatic rings. The van der Waals surface area contributed by atoms with Gasteiger partial charge in [-0.2, -0.15) is 0 Å². The van der Waals surface area contributed by atoms with E-state index in [2.05, 4.69) is 20.9 Å². The number of pyridine rings is 1. The zero-order valence-corrected chi connectivity index (χ0v) is 16.4. The number of imide groups is 1. The molecule has 0 saturated heterocycles. The number of nitrogens with zero attached hydrogens (tertiary/aromatic N) is 3. The first-order valence-corrected chi connectivity index (χ1v) is 8.86. The molecule has 26 heavy (non-hydrogen) atoms. The maximum Gasteiger partial charge on any atom is 0.326 e. The lowest BCUT2D eigenvalue weighted by Gasteiger charge is -2.20. The number of hydrogen-bond acceptors (Lipinski definition) is 5. The first-order valence-electron chi connectivity index (χ1n) is 8.07. The van der Waals surface area contributed by atoms with Crippen LogP contribution in [-0.2, 0) is 13.1 Å². The Kier molecular flexibility index (Phi) is 4.72. The Bertz CT molecular complexity index is 928. The molecule has 0 radical (unpaired) electrons. The van der Waals surface area contributed by atoms with E-state index in [4.69, 9.17) is 11.5 Å². The van der Waals surface area contributed by atoms with Crippen LogP contribution >= 0.6 is 15.9 Å². The van der Waals surface area contributed by atoms with Crippen LogP contribution in [0.5, 0.6) is 0 Å². The van der Waals surface area contributed by atoms with E-state index in [0.29, 0.717) is 22.4 Å². The molecular formula is C18H20BrN5O2. The Morgan fingerprint density at radius 3 is 2.58 bits per heavy atom. The molecule has 2 aromatic rings. The number of halogens is 1. The number of aryl methyl sites for hydroxylation is 1. The van der Waals surface area contributed by atoms with Gasteiger partial charge in [-0.3, -0.25) is 9.69 Å². The van der Waals surface area contributed by atoms with Crippen LogP contribution in [-0.4, -0.2) is 40.8 Å². The summed E-state index contributed by atoms with van der Waals surface area (Å²) in [6.07, 6.45) is 0. The lowest BCUT2D eigenvalue weighted by atomic mass is 9.92. The second-order valence-corrected chi connectivity index (χ2v) is 7.22. The number of anilines is 1. The fourth-order valence-corrected chi connectivity index (χ4v) is 3.62. The molecule has 0 saturated carbocycles. The summed E-state index contributed by atoms with van der Waals surface area (Å²) in [5, 5.41) is 0. The molecule has 0 atom stereocenters. The minimum Gasteiger partial charge on any atom is -0.383 e. The molecule has 7 nitrogen and oxygen atoms in total. The van der Waals surface area contributed by atoms with Crippen LogP contribution in [0.25, 0.3) is 11.1 Å². The molecule has 136 valence electrons. The standard InChI is InChI=1S/C18H20BrN5O2/c1-9-4-5-12(19)10(6-9)14-11(7-20)16(21)22-13-8-23(2)18(26)24(3)17(25)15(13)14/h4-6H,7-8,20H2,1-3H3,(H2,21,22). The van der Waals surface area contributed by atoms with Crippen molar-refractivity contribution < 1.29 is 9.59 Å². The number of fused-ring (bicyclic) bond motifs is 1. The lowest BCUT2D eigenvalue weighted by Crippen LogP contribution is -2.39. The minimum absolute atomic E-state index is 0.128. The Morgan fingerprint density at radius 2 is 1.92 bits per heavy atom. The number of nitrogens with two attached hydrogens (primary N) is 2. The molecule has 1 aliphatic heterocycles. The number of amides is 3. The van der Waals surface area contributed by atoms with Gasteiger partial charge in [-0.15, -0.1) is 0 Å². The Morgan fingerprint density at radius 1 is 1.23 bits per heavy atom. The zero-order valence-electron chi connectivity index (χ0n) is 14.8. The highest BCUT2D eigenvalue weighted by Crippen LogP contribution is 2.38. The molecule has 1 aromatic heterocycles. The van der Waals surface area contributed by atoms with Gasteiger partial charge in [-0.1, -0.05) is 33.6 Å². The first kappa shape index (κ1) is 18.3. The molecule has 4 N–H and O–H groups in total. The van der Waals surface area contributed by atoms with Gasteiger partial charge in [0.15, 0.2) is 0 Å². The fraction of sp³-hybridized carbons (Fsp3) is 0.278. The van der Waals surface area contributed by atoms with Gasteiger partial charge in [0, 0.05) is 36.2 Å². The highest BCUT2D eigenvalue weighted by atomic mass is 79.9. The van der Waals surface area contributed by atoms with Crippen molar-refractivity contribution in [2.45, 2.75) is 20.0 Å². The molecular weight excluding hydrogens is 398 g/mol. The smallest absolute Gasteiger partial charge is 0.326 e. The van der Waals surface area contributed by atoms with Crippen molar-refractivity contribution in [2.24, 2.45) is 5.73 Å². The van der Waals surface area contributed by atoms with Crippen molar-refractivity contribution in [2.75, 3.05) is 19.8 Å². The fourth-order valence-electron chi connectivity index (χ4n) is 3.17. The van der Waals surface area contributed by atoms with Crippen LogP contribution in [0.15, 0.2) is 22.7 Å². The summed E-state index contributed by atoms with van der Waals surface area (Å²) in [6.45, 7) is 2.28. The molecule has 2 heterocycles. The molecule has 0 aliphatic carbocycles. The third-order valence-electron chi connectivity index (χ3n) is 4.52. The molecule has 3 amide bonds. The Balaban J connectivity index is 2.43. The maximum absolute atomic E-state index is 13.1. The molecule has 3 rings (SSSR count). The summed E-state index contributed by atoms with van der Waals surface area (Å²) in [5.74, 6) is -0.146. The number of aromatic nitrogens is 1. The van der Waals surface area contributed by atoms with Crippen molar-refractivity contribution in [3.8, 4) is 11.1 Å². The van der Waals surface area contributed by atoms with Gasteiger partial charge < -0.3 is 16.4 Å². The molecule has 0 unspecified atom stereocenters. The molecule has 0 bridgehead atoms. The van der Waals surface area contributed by atoms with Crippen molar-refractivity contribution in [1.82, 2.24) is 14.8 Å². The molecule has 0 fully saturated rings. The average molecular weight is 418 g/mol. The second kappa shape index (κ2) is 6.69. The van der Waals surface area contributed by atoms with Gasteiger partial charge in [0.05, 0.1) is 17.8 Å². The van der Waals surface area contributed by atoms with E-state index in [9.17, 15) is 9.59 Å². The number of nitrogen functional groups attached to an aromatic ring is 1. The van der Waals surface area contributed by atoms with E-state index >= 15 is 0 Å². The normalized spacial score (nSPS) is 14.5. The third kappa shape index (κ3) is 2.85. The van der Waals surface area contributed by atoms with Gasteiger partial charge in [0.1, 0.15) is 5.82 Å². The highest BCUT2D eigenvalue weighted by Gasteiger charge is 2.34. The quantitative estimate of drug-likeness (QED) is 0.780. The van der Waals surface area contributed by atoms with Crippen LogP contribution < -0.4 is 11.5 Å².